The molecule has 0 aliphatic carbocycles. The number of hydrogen-bond acceptors (Lipinski definition) is 7. The average molecular weight is 599 g/mol. The molecule has 9 nitrogen and oxygen atoms in total. The van der Waals surface area contributed by atoms with Gasteiger partial charge in [-0.25, -0.2) is 18.0 Å². The summed E-state index contributed by atoms with van der Waals surface area (Å²) in [7, 11) is -3.89. The van der Waals surface area contributed by atoms with Gasteiger partial charge in [-0.15, -0.1) is 0 Å². The number of carboxylic acids is 2. The number of aromatic carboxylic acids is 2. The number of rotatable bonds is 11. The van der Waals surface area contributed by atoms with Gasteiger partial charge in [0.1, 0.15) is 0 Å². The van der Waals surface area contributed by atoms with E-state index in [1.54, 1.807) is 32.0 Å². The number of benzene rings is 4. The van der Waals surface area contributed by atoms with Crippen LogP contribution in [0.3, 0.4) is 0 Å². The Morgan fingerprint density at radius 2 is 1.14 bits per heavy atom. The van der Waals surface area contributed by atoms with Crippen LogP contribution >= 0.6 is 0 Å². The molecular weight excluding hydrogens is 572 g/mol. The number of carbonyl (C=O) groups excluding carboxylic acids is 3. The molecule has 0 fully saturated rings. The molecule has 0 saturated heterocycles. The van der Waals surface area contributed by atoms with Crippen molar-refractivity contribution in [3.63, 3.8) is 0 Å². The van der Waals surface area contributed by atoms with E-state index in [1.807, 2.05) is 0 Å². The lowest BCUT2D eigenvalue weighted by Gasteiger charge is -2.11. The van der Waals surface area contributed by atoms with Crippen molar-refractivity contribution >= 4 is 39.1 Å². The maximum Gasteiger partial charge on any atom is 0.336 e. The lowest BCUT2D eigenvalue weighted by molar-refractivity contribution is 0.0683. The Morgan fingerprint density at radius 3 is 1.65 bits per heavy atom. The SMILES string of the molecule is CCC(=O)c1cc(C(=O)c2ccc(C(=O)O)c(C(=O)Cc3cccc(S(=O)(=O)c4cccc(C)c4)c3)c2)ccc1C(=O)O. The first-order valence-electron chi connectivity index (χ1n) is 13.1. The van der Waals surface area contributed by atoms with Crippen molar-refractivity contribution < 1.29 is 42.6 Å². The van der Waals surface area contributed by atoms with Gasteiger partial charge >= 0.3 is 11.9 Å². The second-order valence-corrected chi connectivity index (χ2v) is 11.8. The Labute approximate surface area is 247 Å². The van der Waals surface area contributed by atoms with E-state index in [-0.39, 0.29) is 56.0 Å². The molecule has 0 heterocycles. The van der Waals surface area contributed by atoms with Crippen LogP contribution in [-0.4, -0.2) is 47.9 Å². The summed E-state index contributed by atoms with van der Waals surface area (Å²) >= 11 is 0. The summed E-state index contributed by atoms with van der Waals surface area (Å²) in [5, 5.41) is 19.1. The molecule has 0 atom stereocenters. The van der Waals surface area contributed by atoms with E-state index in [4.69, 9.17) is 0 Å². The quantitative estimate of drug-likeness (QED) is 0.213. The van der Waals surface area contributed by atoms with E-state index in [0.29, 0.717) is 5.56 Å². The monoisotopic (exact) mass is 598 g/mol. The summed E-state index contributed by atoms with van der Waals surface area (Å²) in [6.07, 6.45) is -0.338. The van der Waals surface area contributed by atoms with Gasteiger partial charge in [0.05, 0.1) is 20.9 Å². The van der Waals surface area contributed by atoms with E-state index >= 15 is 0 Å². The van der Waals surface area contributed by atoms with Crippen molar-refractivity contribution in [3.05, 3.63) is 129 Å². The summed E-state index contributed by atoms with van der Waals surface area (Å²) < 4.78 is 26.4. The first-order chi connectivity index (χ1) is 20.3. The van der Waals surface area contributed by atoms with Crippen LogP contribution in [0.15, 0.2) is 94.7 Å². The summed E-state index contributed by atoms with van der Waals surface area (Å²) in [6, 6.07) is 19.2. The van der Waals surface area contributed by atoms with Crippen LogP contribution < -0.4 is 0 Å². The Hall–Kier alpha value is -5.22. The van der Waals surface area contributed by atoms with E-state index in [2.05, 4.69) is 0 Å². The van der Waals surface area contributed by atoms with Crippen molar-refractivity contribution in [2.75, 3.05) is 0 Å². The summed E-state index contributed by atoms with van der Waals surface area (Å²) in [5.41, 5.74) is -0.00957. The normalized spacial score (nSPS) is 11.1. The third kappa shape index (κ3) is 6.49. The molecular formula is C33H26O9S. The fourth-order valence-electron chi connectivity index (χ4n) is 4.58. The highest BCUT2D eigenvalue weighted by molar-refractivity contribution is 7.91. The molecule has 4 aromatic carbocycles. The zero-order valence-corrected chi connectivity index (χ0v) is 24.0. The number of carboxylic acid groups (broad SMARTS) is 2. The van der Waals surface area contributed by atoms with Gasteiger partial charge < -0.3 is 10.2 Å². The predicted octanol–water partition coefficient (Wildman–Crippen LogP) is 5.47. The first kappa shape index (κ1) is 30.7. The second-order valence-electron chi connectivity index (χ2n) is 9.80. The molecule has 218 valence electrons. The number of carbonyl (C=O) groups is 5. The fraction of sp³-hybridized carbons (Fsp3) is 0.121. The molecule has 0 aromatic heterocycles. The van der Waals surface area contributed by atoms with Crippen LogP contribution in [-0.2, 0) is 16.3 Å². The molecule has 4 rings (SSSR count). The van der Waals surface area contributed by atoms with Gasteiger partial charge in [0.25, 0.3) is 0 Å². The van der Waals surface area contributed by atoms with Crippen LogP contribution in [0, 0.1) is 6.92 Å². The molecule has 10 heteroatoms. The molecule has 4 aromatic rings. The zero-order valence-electron chi connectivity index (χ0n) is 23.2. The van der Waals surface area contributed by atoms with E-state index in [1.165, 1.54) is 48.5 Å². The van der Waals surface area contributed by atoms with Gasteiger partial charge in [-0.05, 0) is 66.6 Å². The Morgan fingerprint density at radius 1 is 0.628 bits per heavy atom. The molecule has 0 unspecified atom stereocenters. The molecule has 43 heavy (non-hydrogen) atoms. The van der Waals surface area contributed by atoms with Gasteiger partial charge in [-0.2, -0.15) is 0 Å². The van der Waals surface area contributed by atoms with Crippen molar-refractivity contribution in [2.24, 2.45) is 0 Å². The lowest BCUT2D eigenvalue weighted by Crippen LogP contribution is -2.14. The number of sulfone groups is 1. The maximum atomic E-state index is 13.4. The van der Waals surface area contributed by atoms with Crippen LogP contribution in [0.5, 0.6) is 0 Å². The van der Waals surface area contributed by atoms with E-state index in [0.717, 1.165) is 23.8 Å². The summed E-state index contributed by atoms with van der Waals surface area (Å²) in [6.45, 7) is 3.32. The number of Topliss-reactive ketones (excluding diaryl/α,β-unsaturated/α-hetero) is 2. The minimum atomic E-state index is -3.89. The third-order valence-corrected chi connectivity index (χ3v) is 8.57. The van der Waals surface area contributed by atoms with Gasteiger partial charge in [-0.1, -0.05) is 43.3 Å². The van der Waals surface area contributed by atoms with Crippen molar-refractivity contribution in [2.45, 2.75) is 36.5 Å². The van der Waals surface area contributed by atoms with Gasteiger partial charge in [0.2, 0.25) is 9.84 Å². The fourth-order valence-corrected chi connectivity index (χ4v) is 6.02. The Kier molecular flexibility index (Phi) is 8.82. The number of aryl methyl sites for hydroxylation is 1. The highest BCUT2D eigenvalue weighted by Gasteiger charge is 2.24. The molecule has 0 amide bonds. The molecule has 0 saturated carbocycles. The average Bonchev–Trinajstić information content (AvgIpc) is 2.99. The molecule has 0 radical (unpaired) electrons. The Balaban J connectivity index is 1.69. The maximum absolute atomic E-state index is 13.4. The smallest absolute Gasteiger partial charge is 0.336 e. The van der Waals surface area contributed by atoms with Crippen LogP contribution in [0.4, 0.5) is 0 Å². The van der Waals surface area contributed by atoms with Crippen LogP contribution in [0.2, 0.25) is 0 Å². The van der Waals surface area contributed by atoms with Gasteiger partial charge in [0, 0.05) is 35.1 Å². The topological polar surface area (TPSA) is 160 Å². The molecule has 0 bridgehead atoms. The van der Waals surface area contributed by atoms with Gasteiger partial charge in [-0.3, -0.25) is 14.4 Å². The highest BCUT2D eigenvalue weighted by atomic mass is 32.2. The van der Waals surface area contributed by atoms with Crippen LogP contribution in [0.25, 0.3) is 0 Å². The first-order valence-corrected chi connectivity index (χ1v) is 14.6. The van der Waals surface area contributed by atoms with Gasteiger partial charge in [0.15, 0.2) is 17.3 Å². The van der Waals surface area contributed by atoms with Crippen molar-refractivity contribution in [3.8, 4) is 0 Å². The largest absolute Gasteiger partial charge is 0.478 e. The minimum absolute atomic E-state index is 0.0113. The number of ketones is 3. The van der Waals surface area contributed by atoms with E-state index < -0.39 is 39.1 Å². The highest BCUT2D eigenvalue weighted by Crippen LogP contribution is 2.25. The minimum Gasteiger partial charge on any atom is -0.478 e. The molecule has 0 spiro atoms. The van der Waals surface area contributed by atoms with Crippen LogP contribution in [0.1, 0.15) is 81.8 Å². The molecule has 0 aliphatic rings. The summed E-state index contributed by atoms with van der Waals surface area (Å²) in [4.78, 5) is 62.6. The standard InChI is InChI=1S/C33H26O9S/c1-3-29(34)27-17-21(10-12-25(27)32(37)38)31(36)22-11-13-26(33(39)40)28(18-22)30(35)16-20-7-5-9-24(15-20)43(41,42)23-8-4-6-19(2)14-23/h4-15,17-18H,3,16H2,1-2H3,(H,37,38)(H,39,40). The third-order valence-electron chi connectivity index (χ3n) is 6.82. The molecule has 2 N–H and O–H groups in total. The Bertz CT molecular complexity index is 1920. The summed E-state index contributed by atoms with van der Waals surface area (Å²) in [5.74, 6) is -4.53. The van der Waals surface area contributed by atoms with E-state index in [9.17, 15) is 42.6 Å². The predicted molar refractivity (Wildman–Crippen MR) is 156 cm³/mol. The zero-order chi connectivity index (χ0) is 31.5. The second kappa shape index (κ2) is 12.3. The number of hydrogen-bond donors (Lipinski definition) is 2. The lowest BCUT2D eigenvalue weighted by atomic mass is 9.92. The molecule has 0 aliphatic heterocycles. The van der Waals surface area contributed by atoms with Crippen molar-refractivity contribution in [1.82, 2.24) is 0 Å². The van der Waals surface area contributed by atoms with Crippen molar-refractivity contribution in [1.29, 1.82) is 0 Å².